The minimum atomic E-state index is 0.316. The molecule has 0 saturated carbocycles. The van der Waals surface area contributed by atoms with Gasteiger partial charge in [0.05, 0.1) is 19.3 Å². The van der Waals surface area contributed by atoms with Crippen molar-refractivity contribution in [1.29, 1.82) is 0 Å². The van der Waals surface area contributed by atoms with Crippen molar-refractivity contribution in [3.05, 3.63) is 21.9 Å². The van der Waals surface area contributed by atoms with E-state index in [1.807, 2.05) is 0 Å². The average molecular weight is 325 g/mol. The van der Waals surface area contributed by atoms with Crippen LogP contribution in [-0.4, -0.2) is 45.5 Å². The van der Waals surface area contributed by atoms with Crippen molar-refractivity contribution in [3.63, 3.8) is 0 Å². The average Bonchev–Trinajstić information content (AvgIpc) is 3.17. The molecule has 1 saturated heterocycles. The Morgan fingerprint density at radius 3 is 3.09 bits per heavy atom. The number of aliphatic imine (C=N–C) groups is 1. The molecule has 1 atom stereocenters. The van der Waals surface area contributed by atoms with Crippen molar-refractivity contribution in [2.24, 2.45) is 4.99 Å². The molecule has 0 aliphatic carbocycles. The summed E-state index contributed by atoms with van der Waals surface area (Å²) in [7, 11) is 1.80. The van der Waals surface area contributed by atoms with Crippen LogP contribution in [0.15, 0.2) is 16.4 Å². The fraction of sp³-hybridized carbons (Fsp3) is 0.688. The maximum Gasteiger partial charge on any atom is 0.191 e. The van der Waals surface area contributed by atoms with Crippen LogP contribution in [-0.2, 0) is 16.0 Å². The number of aryl methyl sites for hydroxylation is 1. The minimum absolute atomic E-state index is 0.316. The second kappa shape index (κ2) is 9.82. The monoisotopic (exact) mass is 325 g/mol. The molecule has 2 N–H and O–H groups in total. The summed E-state index contributed by atoms with van der Waals surface area (Å²) in [6.07, 6.45) is 3.58. The molecule has 1 fully saturated rings. The van der Waals surface area contributed by atoms with Gasteiger partial charge < -0.3 is 20.1 Å². The number of rotatable bonds is 8. The van der Waals surface area contributed by atoms with E-state index in [0.717, 1.165) is 51.7 Å². The molecule has 1 aromatic rings. The van der Waals surface area contributed by atoms with Gasteiger partial charge in [-0.05, 0) is 43.2 Å². The van der Waals surface area contributed by atoms with E-state index in [2.05, 4.69) is 34.0 Å². The Labute approximate surface area is 137 Å². The molecular formula is C16H27N3O2S. The third-order valence-corrected chi connectivity index (χ3v) is 4.72. The Hall–Kier alpha value is -1.11. The molecule has 0 amide bonds. The number of guanidine groups is 1. The van der Waals surface area contributed by atoms with Gasteiger partial charge in [-0.3, -0.25) is 4.99 Å². The first-order valence-corrected chi connectivity index (χ1v) is 8.84. The van der Waals surface area contributed by atoms with Crippen LogP contribution in [0.1, 0.15) is 29.7 Å². The number of nitrogens with one attached hydrogen (secondary N) is 2. The molecule has 1 aliphatic heterocycles. The van der Waals surface area contributed by atoms with Crippen LogP contribution >= 0.6 is 11.3 Å². The van der Waals surface area contributed by atoms with Crippen molar-refractivity contribution in [3.8, 4) is 0 Å². The van der Waals surface area contributed by atoms with E-state index < -0.39 is 0 Å². The lowest BCUT2D eigenvalue weighted by atomic mass is 10.2. The summed E-state index contributed by atoms with van der Waals surface area (Å²) in [5.74, 6) is 0.840. The highest BCUT2D eigenvalue weighted by Crippen LogP contribution is 2.14. The molecule has 2 heterocycles. The molecule has 1 aliphatic rings. The second-order valence-corrected chi connectivity index (χ2v) is 6.44. The molecule has 0 bridgehead atoms. The Bertz CT molecular complexity index is 456. The Morgan fingerprint density at radius 1 is 1.50 bits per heavy atom. The summed E-state index contributed by atoms with van der Waals surface area (Å²) in [4.78, 5) is 5.59. The predicted octanol–water partition coefficient (Wildman–Crippen LogP) is 2.31. The first-order valence-electron chi connectivity index (χ1n) is 7.96. The third kappa shape index (κ3) is 5.94. The Kier molecular flexibility index (Phi) is 7.70. The topological polar surface area (TPSA) is 54.9 Å². The minimum Gasteiger partial charge on any atom is -0.379 e. The van der Waals surface area contributed by atoms with Gasteiger partial charge in [0.25, 0.3) is 0 Å². The van der Waals surface area contributed by atoms with Gasteiger partial charge in [-0.2, -0.15) is 0 Å². The molecule has 22 heavy (non-hydrogen) atoms. The number of nitrogens with zero attached hydrogens (tertiary/aromatic N) is 1. The maximum absolute atomic E-state index is 5.64. The van der Waals surface area contributed by atoms with Crippen molar-refractivity contribution in [2.45, 2.75) is 38.8 Å². The first-order chi connectivity index (χ1) is 10.8. The van der Waals surface area contributed by atoms with Crippen LogP contribution in [0.2, 0.25) is 0 Å². The van der Waals surface area contributed by atoms with Crippen LogP contribution in [0.4, 0.5) is 0 Å². The van der Waals surface area contributed by atoms with Crippen LogP contribution < -0.4 is 10.6 Å². The summed E-state index contributed by atoms with van der Waals surface area (Å²) >= 11 is 1.77. The van der Waals surface area contributed by atoms with Gasteiger partial charge in [-0.25, -0.2) is 0 Å². The lowest BCUT2D eigenvalue weighted by molar-refractivity contribution is 0.0168. The van der Waals surface area contributed by atoms with E-state index in [-0.39, 0.29) is 0 Å². The largest absolute Gasteiger partial charge is 0.379 e. The fourth-order valence-electron chi connectivity index (χ4n) is 2.34. The summed E-state index contributed by atoms with van der Waals surface area (Å²) in [6, 6.07) is 2.14. The molecule has 0 aromatic carbocycles. The first kappa shape index (κ1) is 17.2. The van der Waals surface area contributed by atoms with Gasteiger partial charge in [0, 0.05) is 31.7 Å². The number of thiophene rings is 1. The Balaban J connectivity index is 1.51. The van der Waals surface area contributed by atoms with E-state index in [1.165, 1.54) is 16.9 Å². The zero-order chi connectivity index (χ0) is 15.6. The SMILES string of the molecule is CN=C(NCCCOCC1CCCO1)NCc1sccc1C. The normalized spacial score (nSPS) is 18.6. The van der Waals surface area contributed by atoms with E-state index in [9.17, 15) is 0 Å². The van der Waals surface area contributed by atoms with Gasteiger partial charge in [-0.15, -0.1) is 11.3 Å². The van der Waals surface area contributed by atoms with Crippen LogP contribution in [0.25, 0.3) is 0 Å². The van der Waals surface area contributed by atoms with Crippen molar-refractivity contribution < 1.29 is 9.47 Å². The van der Waals surface area contributed by atoms with E-state index >= 15 is 0 Å². The Morgan fingerprint density at radius 2 is 2.41 bits per heavy atom. The van der Waals surface area contributed by atoms with E-state index in [4.69, 9.17) is 9.47 Å². The molecule has 1 aromatic heterocycles. The van der Waals surface area contributed by atoms with Crippen molar-refractivity contribution in [1.82, 2.24) is 10.6 Å². The second-order valence-electron chi connectivity index (χ2n) is 5.44. The van der Waals surface area contributed by atoms with Crippen LogP contribution in [0.3, 0.4) is 0 Å². The lowest BCUT2D eigenvalue weighted by Gasteiger charge is -2.13. The molecule has 6 heteroatoms. The summed E-state index contributed by atoms with van der Waals surface area (Å²) in [5.41, 5.74) is 1.33. The molecule has 124 valence electrons. The highest BCUT2D eigenvalue weighted by atomic mass is 32.1. The van der Waals surface area contributed by atoms with Gasteiger partial charge >= 0.3 is 0 Å². The summed E-state index contributed by atoms with van der Waals surface area (Å²) < 4.78 is 11.2. The number of hydrogen-bond donors (Lipinski definition) is 2. The molecule has 0 radical (unpaired) electrons. The molecule has 2 rings (SSSR count). The van der Waals surface area contributed by atoms with Gasteiger partial charge in [0.15, 0.2) is 5.96 Å². The predicted molar refractivity (Wildman–Crippen MR) is 91.7 cm³/mol. The van der Waals surface area contributed by atoms with Crippen molar-refractivity contribution >= 4 is 17.3 Å². The highest BCUT2D eigenvalue weighted by Gasteiger charge is 2.14. The molecular weight excluding hydrogens is 298 g/mol. The van der Waals surface area contributed by atoms with Gasteiger partial charge in [-0.1, -0.05) is 0 Å². The van der Waals surface area contributed by atoms with Crippen LogP contribution in [0, 0.1) is 6.92 Å². The van der Waals surface area contributed by atoms with E-state index in [1.54, 1.807) is 18.4 Å². The number of hydrogen-bond acceptors (Lipinski definition) is 4. The quantitative estimate of drug-likeness (QED) is 0.437. The zero-order valence-electron chi connectivity index (χ0n) is 13.6. The van der Waals surface area contributed by atoms with E-state index in [0.29, 0.717) is 6.10 Å². The van der Waals surface area contributed by atoms with Gasteiger partial charge in [0.2, 0.25) is 0 Å². The third-order valence-electron chi connectivity index (χ3n) is 3.69. The molecule has 0 spiro atoms. The summed E-state index contributed by atoms with van der Waals surface area (Å²) in [6.45, 7) is 6.18. The highest BCUT2D eigenvalue weighted by molar-refractivity contribution is 7.10. The van der Waals surface area contributed by atoms with Crippen LogP contribution in [0.5, 0.6) is 0 Å². The standard InChI is InChI=1S/C16H27N3O2S/c1-13-6-10-22-15(13)11-19-16(17-2)18-7-4-8-20-12-14-5-3-9-21-14/h6,10,14H,3-5,7-9,11-12H2,1-2H3,(H2,17,18,19). The number of ether oxygens (including phenoxy) is 2. The lowest BCUT2D eigenvalue weighted by Crippen LogP contribution is -2.37. The summed E-state index contributed by atoms with van der Waals surface area (Å²) in [5, 5.41) is 8.77. The smallest absolute Gasteiger partial charge is 0.191 e. The van der Waals surface area contributed by atoms with Crippen molar-refractivity contribution in [2.75, 3.05) is 33.4 Å². The molecule has 5 nitrogen and oxygen atoms in total. The zero-order valence-corrected chi connectivity index (χ0v) is 14.4. The van der Waals surface area contributed by atoms with Gasteiger partial charge in [0.1, 0.15) is 0 Å². The fourth-order valence-corrected chi connectivity index (χ4v) is 3.19. The molecule has 1 unspecified atom stereocenters. The maximum atomic E-state index is 5.64.